The van der Waals surface area contributed by atoms with Crippen molar-refractivity contribution < 1.29 is 27.7 Å². The van der Waals surface area contributed by atoms with E-state index in [1.165, 1.54) is 24.3 Å². The van der Waals surface area contributed by atoms with Crippen LogP contribution in [0.4, 0.5) is 24.5 Å². The summed E-state index contributed by atoms with van der Waals surface area (Å²) in [7, 11) is 0. The lowest BCUT2D eigenvalue weighted by molar-refractivity contribution is -0.384. The molecule has 0 aliphatic carbocycles. The van der Waals surface area contributed by atoms with Gasteiger partial charge in [-0.2, -0.15) is 13.2 Å². The van der Waals surface area contributed by atoms with Crippen molar-refractivity contribution in [2.45, 2.75) is 6.18 Å². The molecule has 1 aliphatic rings. The number of anilines is 1. The summed E-state index contributed by atoms with van der Waals surface area (Å²) in [5.74, 6) is -2.10. The number of nitro groups is 1. The molecule has 128 valence electrons. The first-order valence-corrected chi connectivity index (χ1v) is 7.45. The Morgan fingerprint density at radius 2 is 1.52 bits per heavy atom. The van der Waals surface area contributed by atoms with Gasteiger partial charge in [-0.3, -0.25) is 19.7 Å². The van der Waals surface area contributed by atoms with Crippen molar-refractivity contribution in [2.24, 2.45) is 0 Å². The summed E-state index contributed by atoms with van der Waals surface area (Å²) in [4.78, 5) is 35.3. The fourth-order valence-electron chi connectivity index (χ4n) is 2.59. The highest BCUT2D eigenvalue weighted by atomic mass is 79.9. The van der Waals surface area contributed by atoms with Crippen LogP contribution in [0.2, 0.25) is 0 Å². The van der Waals surface area contributed by atoms with E-state index in [9.17, 15) is 32.9 Å². The standard InChI is InChI=1S/C15H6BrF3N2O4/c16-9-5-6-10(21(24)25)12(11(9)15(17,18)19)20-13(22)7-3-1-2-4-8(7)14(20)23/h1-6H. The minimum atomic E-state index is -5.03. The van der Waals surface area contributed by atoms with Gasteiger partial charge in [0, 0.05) is 10.5 Å². The number of nitro benzene ring substituents is 1. The first-order valence-electron chi connectivity index (χ1n) is 6.66. The maximum absolute atomic E-state index is 13.5. The molecule has 0 unspecified atom stereocenters. The highest BCUT2D eigenvalue weighted by Crippen LogP contribution is 2.47. The molecule has 2 aromatic carbocycles. The Morgan fingerprint density at radius 1 is 1.00 bits per heavy atom. The Balaban J connectivity index is 2.35. The number of halogens is 4. The number of hydrogen-bond acceptors (Lipinski definition) is 4. The molecule has 3 rings (SSSR count). The SMILES string of the molecule is O=C1c2ccccc2C(=O)N1c1c([N+](=O)[O-])ccc(Br)c1C(F)(F)F. The number of rotatable bonds is 2. The number of nitrogens with zero attached hydrogens (tertiary/aromatic N) is 2. The van der Waals surface area contributed by atoms with Crippen LogP contribution in [-0.4, -0.2) is 16.7 Å². The van der Waals surface area contributed by atoms with Gasteiger partial charge in [0.15, 0.2) is 0 Å². The summed E-state index contributed by atoms with van der Waals surface area (Å²) in [6.07, 6.45) is -5.03. The lowest BCUT2D eigenvalue weighted by Gasteiger charge is -2.20. The largest absolute Gasteiger partial charge is 0.419 e. The smallest absolute Gasteiger partial charge is 0.268 e. The van der Waals surface area contributed by atoms with Gasteiger partial charge in [-0.05, 0) is 18.2 Å². The van der Waals surface area contributed by atoms with Crippen LogP contribution in [0, 0.1) is 10.1 Å². The fourth-order valence-corrected chi connectivity index (χ4v) is 3.14. The van der Waals surface area contributed by atoms with E-state index in [0.29, 0.717) is 0 Å². The third kappa shape index (κ3) is 2.58. The molecule has 0 spiro atoms. The molecule has 0 radical (unpaired) electrons. The summed E-state index contributed by atoms with van der Waals surface area (Å²) < 4.78 is 39.9. The van der Waals surface area contributed by atoms with Gasteiger partial charge in [0.05, 0.1) is 16.1 Å². The molecule has 0 bridgehead atoms. The number of benzene rings is 2. The van der Waals surface area contributed by atoms with Crippen LogP contribution < -0.4 is 4.90 Å². The second kappa shape index (κ2) is 5.66. The molecule has 1 aliphatic heterocycles. The van der Waals surface area contributed by atoms with E-state index < -0.39 is 44.3 Å². The minimum absolute atomic E-state index is 0.116. The van der Waals surface area contributed by atoms with E-state index >= 15 is 0 Å². The predicted octanol–water partition coefficient (Wildman–Crippen LogP) is 4.18. The Bertz CT molecular complexity index is 908. The molecule has 25 heavy (non-hydrogen) atoms. The van der Waals surface area contributed by atoms with E-state index in [1.54, 1.807) is 0 Å². The summed E-state index contributed by atoms with van der Waals surface area (Å²) in [5, 5.41) is 11.2. The van der Waals surface area contributed by atoms with Crippen LogP contribution >= 0.6 is 15.9 Å². The molecule has 6 nitrogen and oxygen atoms in total. The van der Waals surface area contributed by atoms with E-state index in [4.69, 9.17) is 0 Å². The molecule has 0 aromatic heterocycles. The zero-order valence-corrected chi connectivity index (χ0v) is 13.6. The number of alkyl halides is 3. The number of fused-ring (bicyclic) bond motifs is 1. The highest BCUT2D eigenvalue weighted by molar-refractivity contribution is 9.10. The number of carbonyl (C=O) groups is 2. The van der Waals surface area contributed by atoms with E-state index in [0.717, 1.165) is 12.1 Å². The summed E-state index contributed by atoms with van der Waals surface area (Å²) >= 11 is 2.70. The highest BCUT2D eigenvalue weighted by Gasteiger charge is 2.47. The molecule has 0 saturated heterocycles. The van der Waals surface area contributed by atoms with Gasteiger partial charge in [-0.1, -0.05) is 28.1 Å². The number of carbonyl (C=O) groups excluding carboxylic acids is 2. The number of imide groups is 1. The minimum Gasteiger partial charge on any atom is -0.268 e. The fraction of sp³-hybridized carbons (Fsp3) is 0.0667. The van der Waals surface area contributed by atoms with Crippen LogP contribution in [0.1, 0.15) is 26.3 Å². The Hall–Kier alpha value is -2.75. The van der Waals surface area contributed by atoms with Crippen LogP contribution in [-0.2, 0) is 6.18 Å². The Labute approximate surface area is 146 Å². The van der Waals surface area contributed by atoms with Gasteiger partial charge in [0.25, 0.3) is 17.5 Å². The van der Waals surface area contributed by atoms with Gasteiger partial charge in [0.2, 0.25) is 0 Å². The van der Waals surface area contributed by atoms with Crippen LogP contribution in [0.3, 0.4) is 0 Å². The van der Waals surface area contributed by atoms with E-state index in [2.05, 4.69) is 15.9 Å². The zero-order chi connectivity index (χ0) is 18.5. The third-order valence-corrected chi connectivity index (χ3v) is 4.26. The molecule has 2 amide bonds. The van der Waals surface area contributed by atoms with Crippen molar-refractivity contribution >= 4 is 39.1 Å². The molecule has 10 heteroatoms. The predicted molar refractivity (Wildman–Crippen MR) is 83.4 cm³/mol. The Morgan fingerprint density at radius 3 is 1.96 bits per heavy atom. The van der Waals surface area contributed by atoms with Crippen molar-refractivity contribution in [3.05, 3.63) is 67.7 Å². The molecule has 0 N–H and O–H groups in total. The molecule has 0 fully saturated rings. The van der Waals surface area contributed by atoms with Crippen LogP contribution in [0.25, 0.3) is 0 Å². The lowest BCUT2D eigenvalue weighted by Crippen LogP contribution is -2.32. The van der Waals surface area contributed by atoms with Gasteiger partial charge < -0.3 is 0 Å². The van der Waals surface area contributed by atoms with Crippen molar-refractivity contribution in [3.8, 4) is 0 Å². The Kier molecular flexibility index (Phi) is 3.87. The third-order valence-electron chi connectivity index (χ3n) is 3.60. The second-order valence-electron chi connectivity index (χ2n) is 5.04. The molecule has 2 aromatic rings. The van der Waals surface area contributed by atoms with Gasteiger partial charge in [-0.15, -0.1) is 0 Å². The monoisotopic (exact) mass is 414 g/mol. The van der Waals surface area contributed by atoms with Crippen molar-refractivity contribution in [1.82, 2.24) is 0 Å². The van der Waals surface area contributed by atoms with Crippen molar-refractivity contribution in [1.29, 1.82) is 0 Å². The van der Waals surface area contributed by atoms with E-state index in [-0.39, 0.29) is 16.0 Å². The van der Waals surface area contributed by atoms with Crippen LogP contribution in [0.15, 0.2) is 40.9 Å². The molecular formula is C15H6BrF3N2O4. The average molecular weight is 415 g/mol. The lowest BCUT2D eigenvalue weighted by atomic mass is 10.1. The maximum atomic E-state index is 13.5. The quantitative estimate of drug-likeness (QED) is 0.419. The van der Waals surface area contributed by atoms with Gasteiger partial charge >= 0.3 is 6.18 Å². The van der Waals surface area contributed by atoms with Gasteiger partial charge in [0.1, 0.15) is 11.3 Å². The molecular weight excluding hydrogens is 409 g/mol. The zero-order valence-electron chi connectivity index (χ0n) is 12.0. The molecule has 0 saturated carbocycles. The summed E-state index contributed by atoms with van der Waals surface area (Å²) in [5.41, 5.74) is -3.79. The number of amides is 2. The first-order chi connectivity index (χ1) is 11.6. The van der Waals surface area contributed by atoms with Crippen LogP contribution in [0.5, 0.6) is 0 Å². The van der Waals surface area contributed by atoms with Crippen molar-refractivity contribution in [3.63, 3.8) is 0 Å². The normalized spacial score (nSPS) is 14.0. The second-order valence-corrected chi connectivity index (χ2v) is 5.89. The average Bonchev–Trinajstić information content (AvgIpc) is 2.77. The maximum Gasteiger partial charge on any atom is 0.419 e. The summed E-state index contributed by atoms with van der Waals surface area (Å²) in [6.45, 7) is 0. The topological polar surface area (TPSA) is 80.5 Å². The first kappa shape index (κ1) is 17.1. The number of hydrogen-bond donors (Lipinski definition) is 0. The van der Waals surface area contributed by atoms with E-state index in [1.807, 2.05) is 0 Å². The van der Waals surface area contributed by atoms with Crippen molar-refractivity contribution in [2.75, 3.05) is 4.90 Å². The molecule has 0 atom stereocenters. The van der Waals surface area contributed by atoms with Gasteiger partial charge in [-0.25, -0.2) is 4.90 Å². The summed E-state index contributed by atoms with van der Waals surface area (Å²) in [6, 6.07) is 7.07. The molecule has 1 heterocycles.